The summed E-state index contributed by atoms with van der Waals surface area (Å²) in [5.41, 5.74) is 0. The van der Waals surface area contributed by atoms with Crippen molar-refractivity contribution in [2.45, 2.75) is 25.7 Å². The highest BCUT2D eigenvalue weighted by Gasteiger charge is 2.20. The molecule has 0 aliphatic carbocycles. The minimum Gasteiger partial charge on any atom is -0.274 e. The number of amidine groups is 1. The summed E-state index contributed by atoms with van der Waals surface area (Å²) in [6.45, 7) is 4.31. The van der Waals surface area contributed by atoms with Crippen molar-refractivity contribution in [3.05, 3.63) is 12.7 Å². The Morgan fingerprint density at radius 1 is 1.54 bits per heavy atom. The van der Waals surface area contributed by atoms with Crippen LogP contribution in [0.2, 0.25) is 0 Å². The number of hydrogen-bond donors (Lipinski definition) is 0. The Morgan fingerprint density at radius 2 is 2.15 bits per heavy atom. The van der Waals surface area contributed by atoms with Crippen molar-refractivity contribution in [2.75, 3.05) is 7.05 Å². The SMILES string of the molecule is C=CC=NC(CCC(C)(F)F)=NC. The monoisotopic (exact) mass is 188 g/mol. The Morgan fingerprint density at radius 3 is 2.54 bits per heavy atom. The van der Waals surface area contributed by atoms with Crippen LogP contribution in [0, 0.1) is 0 Å². The van der Waals surface area contributed by atoms with E-state index in [-0.39, 0.29) is 12.8 Å². The summed E-state index contributed by atoms with van der Waals surface area (Å²) in [7, 11) is 1.53. The van der Waals surface area contributed by atoms with Gasteiger partial charge in [0.25, 0.3) is 0 Å². The lowest BCUT2D eigenvalue weighted by molar-refractivity contribution is 0.0150. The van der Waals surface area contributed by atoms with E-state index in [4.69, 9.17) is 0 Å². The highest BCUT2D eigenvalue weighted by atomic mass is 19.3. The van der Waals surface area contributed by atoms with E-state index in [1.54, 1.807) is 0 Å². The molecule has 4 heteroatoms. The lowest BCUT2D eigenvalue weighted by Crippen LogP contribution is -2.11. The predicted octanol–water partition coefficient (Wildman–Crippen LogP) is 2.71. The Balaban J connectivity index is 4.02. The molecule has 0 saturated carbocycles. The second kappa shape index (κ2) is 5.56. The maximum Gasteiger partial charge on any atom is 0.245 e. The smallest absolute Gasteiger partial charge is 0.245 e. The zero-order valence-corrected chi connectivity index (χ0v) is 7.93. The molecule has 0 bridgehead atoms. The van der Waals surface area contributed by atoms with Crippen LogP contribution in [0.1, 0.15) is 19.8 Å². The van der Waals surface area contributed by atoms with Gasteiger partial charge in [0.15, 0.2) is 0 Å². The molecule has 2 nitrogen and oxygen atoms in total. The third-order valence-corrected chi connectivity index (χ3v) is 1.37. The van der Waals surface area contributed by atoms with Gasteiger partial charge in [0, 0.05) is 26.1 Å². The van der Waals surface area contributed by atoms with Gasteiger partial charge < -0.3 is 0 Å². The van der Waals surface area contributed by atoms with E-state index in [9.17, 15) is 8.78 Å². The van der Waals surface area contributed by atoms with Crippen molar-refractivity contribution < 1.29 is 8.78 Å². The predicted molar refractivity (Wildman–Crippen MR) is 51.9 cm³/mol. The molecule has 0 spiro atoms. The van der Waals surface area contributed by atoms with Crippen molar-refractivity contribution in [3.63, 3.8) is 0 Å². The highest BCUT2D eigenvalue weighted by molar-refractivity contribution is 5.92. The molecule has 0 fully saturated rings. The normalized spacial score (nSPS) is 13.7. The van der Waals surface area contributed by atoms with Gasteiger partial charge in [0.1, 0.15) is 5.84 Å². The van der Waals surface area contributed by atoms with Crippen LogP contribution in [0.3, 0.4) is 0 Å². The first-order valence-electron chi connectivity index (χ1n) is 3.98. The van der Waals surface area contributed by atoms with Gasteiger partial charge in [-0.1, -0.05) is 12.7 Å². The van der Waals surface area contributed by atoms with Gasteiger partial charge in [-0.15, -0.1) is 0 Å². The topological polar surface area (TPSA) is 24.7 Å². The summed E-state index contributed by atoms with van der Waals surface area (Å²) in [5.74, 6) is -2.24. The lowest BCUT2D eigenvalue weighted by Gasteiger charge is -2.08. The second-order valence-corrected chi connectivity index (χ2v) is 2.72. The molecular formula is C9H14F2N2. The minimum atomic E-state index is -2.65. The molecule has 0 aromatic carbocycles. The molecule has 0 aliphatic heterocycles. The van der Waals surface area contributed by atoms with E-state index in [2.05, 4.69) is 16.6 Å². The fourth-order valence-electron chi connectivity index (χ4n) is 0.704. The summed E-state index contributed by atoms with van der Waals surface area (Å²) in [4.78, 5) is 7.60. The van der Waals surface area contributed by atoms with Gasteiger partial charge in [0.2, 0.25) is 5.92 Å². The third kappa shape index (κ3) is 7.31. The number of halogens is 2. The fourth-order valence-corrected chi connectivity index (χ4v) is 0.704. The number of nitrogens with zero attached hydrogens (tertiary/aromatic N) is 2. The Kier molecular flexibility index (Phi) is 5.11. The van der Waals surface area contributed by atoms with E-state index in [1.807, 2.05) is 0 Å². The highest BCUT2D eigenvalue weighted by Crippen LogP contribution is 2.18. The summed E-state index contributed by atoms with van der Waals surface area (Å²) in [6.07, 6.45) is 2.88. The first-order valence-corrected chi connectivity index (χ1v) is 3.98. The molecule has 0 rings (SSSR count). The molecular weight excluding hydrogens is 174 g/mol. The van der Waals surface area contributed by atoms with Crippen LogP contribution < -0.4 is 0 Å². The van der Waals surface area contributed by atoms with E-state index in [0.29, 0.717) is 5.84 Å². The van der Waals surface area contributed by atoms with Crippen LogP contribution in [-0.4, -0.2) is 25.0 Å². The molecule has 74 valence electrons. The number of aliphatic imine (C=N–C) groups is 2. The maximum absolute atomic E-state index is 12.4. The van der Waals surface area contributed by atoms with Crippen molar-refractivity contribution in [2.24, 2.45) is 9.98 Å². The van der Waals surface area contributed by atoms with E-state index in [0.717, 1.165) is 6.92 Å². The van der Waals surface area contributed by atoms with Crippen LogP contribution in [0.25, 0.3) is 0 Å². The summed E-state index contributed by atoms with van der Waals surface area (Å²) in [5, 5.41) is 0. The first kappa shape index (κ1) is 11.9. The van der Waals surface area contributed by atoms with Crippen molar-refractivity contribution >= 4 is 12.1 Å². The van der Waals surface area contributed by atoms with Crippen LogP contribution in [-0.2, 0) is 0 Å². The van der Waals surface area contributed by atoms with Gasteiger partial charge in [-0.25, -0.2) is 13.8 Å². The quantitative estimate of drug-likeness (QED) is 0.478. The molecule has 0 heterocycles. The molecule has 0 aromatic rings. The molecule has 13 heavy (non-hydrogen) atoms. The molecule has 0 aliphatic rings. The van der Waals surface area contributed by atoms with Crippen molar-refractivity contribution in [1.82, 2.24) is 0 Å². The zero-order chi connectivity index (χ0) is 10.3. The fraction of sp³-hybridized carbons (Fsp3) is 0.556. The first-order chi connectivity index (χ1) is 5.99. The van der Waals surface area contributed by atoms with Crippen molar-refractivity contribution in [1.29, 1.82) is 0 Å². The average molecular weight is 188 g/mol. The van der Waals surface area contributed by atoms with Crippen molar-refractivity contribution in [3.8, 4) is 0 Å². The van der Waals surface area contributed by atoms with Gasteiger partial charge in [-0.2, -0.15) is 0 Å². The standard InChI is InChI=1S/C9H14F2N2/c1-4-7-13-8(12-3)5-6-9(2,10)11/h4,7H,1,5-6H2,2-3H3. The molecule has 0 N–H and O–H groups in total. The van der Waals surface area contributed by atoms with Gasteiger partial charge in [-0.3, -0.25) is 4.99 Å². The van der Waals surface area contributed by atoms with E-state index in [1.165, 1.54) is 19.3 Å². The van der Waals surface area contributed by atoms with Crippen LogP contribution in [0.5, 0.6) is 0 Å². The average Bonchev–Trinajstić information content (AvgIpc) is 2.03. The molecule has 0 amide bonds. The summed E-state index contributed by atoms with van der Waals surface area (Å²) in [6, 6.07) is 0. The molecule has 0 aromatic heterocycles. The number of hydrogen-bond acceptors (Lipinski definition) is 1. The molecule has 0 atom stereocenters. The van der Waals surface area contributed by atoms with Crippen LogP contribution in [0.4, 0.5) is 8.78 Å². The third-order valence-electron chi connectivity index (χ3n) is 1.37. The number of rotatable bonds is 4. The number of alkyl halides is 2. The molecule has 0 unspecified atom stereocenters. The van der Waals surface area contributed by atoms with Gasteiger partial charge >= 0.3 is 0 Å². The van der Waals surface area contributed by atoms with Gasteiger partial charge in [-0.05, 0) is 6.92 Å². The Labute approximate surface area is 77.1 Å². The molecule has 0 saturated heterocycles. The maximum atomic E-state index is 12.4. The van der Waals surface area contributed by atoms with E-state index >= 15 is 0 Å². The lowest BCUT2D eigenvalue weighted by atomic mass is 10.2. The molecule has 0 radical (unpaired) electrons. The summed E-state index contributed by atoms with van der Waals surface area (Å²) >= 11 is 0. The minimum absolute atomic E-state index is 0.185. The Hall–Kier alpha value is -1.06. The van der Waals surface area contributed by atoms with E-state index < -0.39 is 5.92 Å². The van der Waals surface area contributed by atoms with Crippen LogP contribution >= 0.6 is 0 Å². The largest absolute Gasteiger partial charge is 0.274 e. The number of allylic oxidation sites excluding steroid dienone is 1. The second-order valence-electron chi connectivity index (χ2n) is 2.72. The van der Waals surface area contributed by atoms with Gasteiger partial charge in [0.05, 0.1) is 0 Å². The Bertz CT molecular complexity index is 214. The zero-order valence-electron chi connectivity index (χ0n) is 7.93. The summed E-state index contributed by atoms with van der Waals surface area (Å²) < 4.78 is 24.8. The van der Waals surface area contributed by atoms with Crippen LogP contribution in [0.15, 0.2) is 22.6 Å².